The monoisotopic (exact) mass is 189 g/mol. The standard InChI is InChI=1S/C10H23NS/c1-6-10(4,5)11-7-8-12-9(2)3/h9,11H,6-8H2,1-5H3. The summed E-state index contributed by atoms with van der Waals surface area (Å²) in [5, 5.41) is 4.30. The van der Waals surface area contributed by atoms with Gasteiger partial charge in [-0.05, 0) is 25.5 Å². The molecule has 0 heterocycles. The highest BCUT2D eigenvalue weighted by Crippen LogP contribution is 2.10. The van der Waals surface area contributed by atoms with Crippen LogP contribution >= 0.6 is 11.8 Å². The molecular formula is C10H23NS. The molecule has 74 valence electrons. The third-order valence-corrected chi connectivity index (χ3v) is 3.15. The topological polar surface area (TPSA) is 12.0 Å². The normalized spacial score (nSPS) is 12.5. The molecule has 0 aromatic heterocycles. The van der Waals surface area contributed by atoms with Crippen LogP contribution in [0.1, 0.15) is 41.0 Å². The van der Waals surface area contributed by atoms with Crippen molar-refractivity contribution < 1.29 is 0 Å². The Labute approximate surface area is 81.7 Å². The summed E-state index contributed by atoms with van der Waals surface area (Å²) in [5.74, 6) is 1.22. The minimum atomic E-state index is 0.317. The fraction of sp³-hybridized carbons (Fsp3) is 1.00. The van der Waals surface area contributed by atoms with Crippen LogP contribution in [0, 0.1) is 0 Å². The lowest BCUT2D eigenvalue weighted by atomic mass is 10.0. The highest BCUT2D eigenvalue weighted by Gasteiger charge is 2.12. The van der Waals surface area contributed by atoms with Crippen molar-refractivity contribution in [3.63, 3.8) is 0 Å². The van der Waals surface area contributed by atoms with Crippen LogP contribution < -0.4 is 5.32 Å². The van der Waals surface area contributed by atoms with Gasteiger partial charge in [0, 0.05) is 17.8 Å². The molecule has 0 unspecified atom stereocenters. The maximum atomic E-state index is 3.54. The van der Waals surface area contributed by atoms with Crippen molar-refractivity contribution in [2.45, 2.75) is 51.8 Å². The summed E-state index contributed by atoms with van der Waals surface area (Å²) in [4.78, 5) is 0. The summed E-state index contributed by atoms with van der Waals surface area (Å²) in [6.07, 6.45) is 1.19. The molecule has 0 radical (unpaired) electrons. The minimum absolute atomic E-state index is 0.317. The van der Waals surface area contributed by atoms with Crippen LogP contribution in [0.5, 0.6) is 0 Å². The predicted octanol–water partition coefficient (Wildman–Crippen LogP) is 2.91. The lowest BCUT2D eigenvalue weighted by Crippen LogP contribution is -2.39. The molecule has 0 aliphatic rings. The smallest absolute Gasteiger partial charge is 0.0122 e. The van der Waals surface area contributed by atoms with E-state index >= 15 is 0 Å². The van der Waals surface area contributed by atoms with Crippen molar-refractivity contribution in [3.05, 3.63) is 0 Å². The Morgan fingerprint density at radius 3 is 2.33 bits per heavy atom. The number of thioether (sulfide) groups is 1. The zero-order chi connectivity index (χ0) is 9.61. The first-order chi connectivity index (χ1) is 5.48. The van der Waals surface area contributed by atoms with E-state index in [9.17, 15) is 0 Å². The summed E-state index contributed by atoms with van der Waals surface area (Å²) in [7, 11) is 0. The number of nitrogens with one attached hydrogen (secondary N) is 1. The van der Waals surface area contributed by atoms with Gasteiger partial charge in [-0.3, -0.25) is 0 Å². The Balaban J connectivity index is 3.31. The maximum Gasteiger partial charge on any atom is 0.0122 e. The van der Waals surface area contributed by atoms with E-state index in [0.29, 0.717) is 5.54 Å². The van der Waals surface area contributed by atoms with Crippen molar-refractivity contribution in [1.29, 1.82) is 0 Å². The highest BCUT2D eigenvalue weighted by molar-refractivity contribution is 7.99. The molecule has 12 heavy (non-hydrogen) atoms. The average molecular weight is 189 g/mol. The number of hydrogen-bond donors (Lipinski definition) is 1. The summed E-state index contributed by atoms with van der Waals surface area (Å²) in [6.45, 7) is 12.4. The molecule has 0 aliphatic heterocycles. The Morgan fingerprint density at radius 1 is 1.33 bits per heavy atom. The lowest BCUT2D eigenvalue weighted by Gasteiger charge is -2.24. The second kappa shape index (κ2) is 5.87. The van der Waals surface area contributed by atoms with Crippen molar-refractivity contribution >= 4 is 11.8 Å². The predicted molar refractivity (Wildman–Crippen MR) is 60.0 cm³/mol. The molecule has 1 nitrogen and oxygen atoms in total. The van der Waals surface area contributed by atoms with Gasteiger partial charge in [0.25, 0.3) is 0 Å². The van der Waals surface area contributed by atoms with Gasteiger partial charge in [0.05, 0.1) is 0 Å². The van der Waals surface area contributed by atoms with E-state index in [1.165, 1.54) is 12.2 Å². The van der Waals surface area contributed by atoms with Gasteiger partial charge in [0.2, 0.25) is 0 Å². The summed E-state index contributed by atoms with van der Waals surface area (Å²) in [6, 6.07) is 0. The summed E-state index contributed by atoms with van der Waals surface area (Å²) < 4.78 is 0. The molecule has 1 N–H and O–H groups in total. The van der Waals surface area contributed by atoms with Gasteiger partial charge in [-0.25, -0.2) is 0 Å². The first kappa shape index (κ1) is 12.3. The molecule has 2 heteroatoms. The van der Waals surface area contributed by atoms with Crippen molar-refractivity contribution in [1.82, 2.24) is 5.32 Å². The van der Waals surface area contributed by atoms with E-state index in [1.807, 2.05) is 11.8 Å². The van der Waals surface area contributed by atoms with E-state index in [0.717, 1.165) is 11.8 Å². The number of rotatable bonds is 6. The Hall–Kier alpha value is 0.310. The molecule has 0 aromatic rings. The fourth-order valence-corrected chi connectivity index (χ4v) is 1.50. The van der Waals surface area contributed by atoms with E-state index in [2.05, 4.69) is 39.9 Å². The van der Waals surface area contributed by atoms with Crippen LogP contribution in [0.3, 0.4) is 0 Å². The van der Waals surface area contributed by atoms with Gasteiger partial charge in [0.1, 0.15) is 0 Å². The second-order valence-electron chi connectivity index (χ2n) is 4.08. The van der Waals surface area contributed by atoms with Crippen molar-refractivity contribution in [2.24, 2.45) is 0 Å². The van der Waals surface area contributed by atoms with E-state index in [1.54, 1.807) is 0 Å². The molecule has 0 saturated carbocycles. The molecule has 0 aromatic carbocycles. The minimum Gasteiger partial charge on any atom is -0.311 e. The lowest BCUT2D eigenvalue weighted by molar-refractivity contribution is 0.388. The van der Waals surface area contributed by atoms with E-state index < -0.39 is 0 Å². The molecule has 0 saturated heterocycles. The molecule has 0 spiro atoms. The largest absolute Gasteiger partial charge is 0.311 e. The van der Waals surface area contributed by atoms with Gasteiger partial charge < -0.3 is 5.32 Å². The Kier molecular flexibility index (Phi) is 6.02. The average Bonchev–Trinajstić information content (AvgIpc) is 1.98. The Morgan fingerprint density at radius 2 is 1.92 bits per heavy atom. The molecule has 0 bridgehead atoms. The van der Waals surface area contributed by atoms with Crippen LogP contribution in [-0.2, 0) is 0 Å². The van der Waals surface area contributed by atoms with Gasteiger partial charge >= 0.3 is 0 Å². The molecule has 0 atom stereocenters. The van der Waals surface area contributed by atoms with Crippen LogP contribution in [0.25, 0.3) is 0 Å². The first-order valence-corrected chi connectivity index (χ1v) is 5.89. The SMILES string of the molecule is CCC(C)(C)NCCSC(C)C. The maximum absolute atomic E-state index is 3.54. The molecule has 0 amide bonds. The Bertz CT molecular complexity index is 110. The third-order valence-electron chi connectivity index (χ3n) is 2.04. The van der Waals surface area contributed by atoms with Crippen LogP contribution in [0.4, 0.5) is 0 Å². The van der Waals surface area contributed by atoms with Crippen molar-refractivity contribution in [3.8, 4) is 0 Å². The van der Waals surface area contributed by atoms with Gasteiger partial charge in [-0.15, -0.1) is 0 Å². The third kappa shape index (κ3) is 6.99. The molecule has 0 aliphatic carbocycles. The second-order valence-corrected chi connectivity index (χ2v) is 5.77. The van der Waals surface area contributed by atoms with E-state index in [4.69, 9.17) is 0 Å². The molecule has 0 fully saturated rings. The number of hydrogen-bond acceptors (Lipinski definition) is 2. The fourth-order valence-electron chi connectivity index (χ4n) is 0.809. The summed E-state index contributed by atoms with van der Waals surface area (Å²) in [5.41, 5.74) is 0.317. The molecule has 0 rings (SSSR count). The van der Waals surface area contributed by atoms with Gasteiger partial charge in [-0.2, -0.15) is 11.8 Å². The highest BCUT2D eigenvalue weighted by atomic mass is 32.2. The zero-order valence-corrected chi connectivity index (χ0v) is 9.92. The van der Waals surface area contributed by atoms with E-state index in [-0.39, 0.29) is 0 Å². The van der Waals surface area contributed by atoms with Crippen LogP contribution in [-0.4, -0.2) is 23.1 Å². The zero-order valence-electron chi connectivity index (χ0n) is 9.11. The van der Waals surface area contributed by atoms with Crippen LogP contribution in [0.2, 0.25) is 0 Å². The quantitative estimate of drug-likeness (QED) is 0.645. The van der Waals surface area contributed by atoms with Gasteiger partial charge in [0.15, 0.2) is 0 Å². The first-order valence-electron chi connectivity index (χ1n) is 4.84. The van der Waals surface area contributed by atoms with Crippen LogP contribution in [0.15, 0.2) is 0 Å². The van der Waals surface area contributed by atoms with Gasteiger partial charge in [-0.1, -0.05) is 20.8 Å². The van der Waals surface area contributed by atoms with Crippen molar-refractivity contribution in [2.75, 3.05) is 12.3 Å². The summed E-state index contributed by atoms with van der Waals surface area (Å²) >= 11 is 2.02. The molecular weight excluding hydrogens is 166 g/mol.